The Kier molecular flexibility index (Phi) is 5.98. The Bertz CT molecular complexity index is 132. The van der Waals surface area contributed by atoms with Gasteiger partial charge in [0.05, 0.1) is 18.8 Å². The van der Waals surface area contributed by atoms with E-state index in [0.717, 1.165) is 0 Å². The van der Waals surface area contributed by atoms with Crippen molar-refractivity contribution in [1.29, 1.82) is 0 Å². The van der Waals surface area contributed by atoms with Crippen molar-refractivity contribution in [2.45, 2.75) is 32.5 Å². The van der Waals surface area contributed by atoms with Crippen molar-refractivity contribution in [3.63, 3.8) is 0 Å². The van der Waals surface area contributed by atoms with Gasteiger partial charge in [-0.25, -0.2) is 0 Å². The zero-order chi connectivity index (χ0) is 9.56. The first kappa shape index (κ1) is 11.6. The molecule has 0 bridgehead atoms. The lowest BCUT2D eigenvalue weighted by Crippen LogP contribution is -2.18. The summed E-state index contributed by atoms with van der Waals surface area (Å²) < 4.78 is 0. The van der Waals surface area contributed by atoms with Gasteiger partial charge in [-0.2, -0.15) is 0 Å². The van der Waals surface area contributed by atoms with Crippen LogP contribution in [-0.4, -0.2) is 34.1 Å². The van der Waals surface area contributed by atoms with Crippen LogP contribution in [0.3, 0.4) is 0 Å². The van der Waals surface area contributed by atoms with E-state index in [1.54, 1.807) is 13.0 Å². The van der Waals surface area contributed by atoms with E-state index in [1.165, 1.54) is 6.08 Å². The maximum Gasteiger partial charge on any atom is 0.0725 e. The van der Waals surface area contributed by atoms with Crippen molar-refractivity contribution >= 4 is 0 Å². The zero-order valence-electron chi connectivity index (χ0n) is 7.64. The summed E-state index contributed by atoms with van der Waals surface area (Å²) in [5.74, 6) is 0.0725. The van der Waals surface area contributed by atoms with Crippen molar-refractivity contribution in [1.82, 2.24) is 0 Å². The van der Waals surface area contributed by atoms with Crippen LogP contribution in [0.15, 0.2) is 12.2 Å². The number of aliphatic hydroxyl groups excluding tert-OH is 3. The van der Waals surface area contributed by atoms with Gasteiger partial charge in [-0.15, -0.1) is 0 Å². The molecule has 2 unspecified atom stereocenters. The van der Waals surface area contributed by atoms with Gasteiger partial charge in [0.2, 0.25) is 0 Å². The quantitative estimate of drug-likeness (QED) is 0.525. The van der Waals surface area contributed by atoms with Crippen LogP contribution in [0.2, 0.25) is 0 Å². The maximum atomic E-state index is 9.29. The highest BCUT2D eigenvalue weighted by atomic mass is 16.3. The average molecular weight is 174 g/mol. The van der Waals surface area contributed by atoms with E-state index >= 15 is 0 Å². The third kappa shape index (κ3) is 5.29. The first-order valence-corrected chi connectivity index (χ1v) is 4.21. The molecule has 3 heteroatoms. The lowest BCUT2D eigenvalue weighted by Gasteiger charge is -2.16. The molecule has 0 spiro atoms. The van der Waals surface area contributed by atoms with E-state index in [2.05, 4.69) is 0 Å². The highest BCUT2D eigenvalue weighted by molar-refractivity contribution is 4.89. The van der Waals surface area contributed by atoms with Crippen LogP contribution in [0.4, 0.5) is 0 Å². The number of hydrogen-bond acceptors (Lipinski definition) is 3. The molecule has 0 fully saturated rings. The molecule has 0 saturated heterocycles. The molecule has 0 aromatic carbocycles. The van der Waals surface area contributed by atoms with Gasteiger partial charge in [0, 0.05) is 0 Å². The highest BCUT2D eigenvalue weighted by Gasteiger charge is 2.11. The number of aliphatic hydroxyl groups is 3. The Balaban J connectivity index is 3.68. The summed E-state index contributed by atoms with van der Waals surface area (Å²) in [5, 5.41) is 26.8. The van der Waals surface area contributed by atoms with Crippen LogP contribution < -0.4 is 0 Å². The fourth-order valence-electron chi connectivity index (χ4n) is 0.874. The summed E-state index contributed by atoms with van der Waals surface area (Å²) >= 11 is 0. The largest absolute Gasteiger partial charge is 0.393 e. The first-order chi connectivity index (χ1) is 5.57. The Morgan fingerprint density at radius 1 is 1.25 bits per heavy atom. The van der Waals surface area contributed by atoms with Gasteiger partial charge in [-0.05, 0) is 19.3 Å². The van der Waals surface area contributed by atoms with Crippen molar-refractivity contribution in [3.05, 3.63) is 12.2 Å². The van der Waals surface area contributed by atoms with Crippen molar-refractivity contribution in [3.8, 4) is 0 Å². The second-order valence-electron chi connectivity index (χ2n) is 3.13. The molecule has 0 saturated carbocycles. The van der Waals surface area contributed by atoms with E-state index in [1.807, 2.05) is 6.92 Å². The molecule has 0 amide bonds. The monoisotopic (exact) mass is 174 g/mol. The molecule has 3 nitrogen and oxygen atoms in total. The van der Waals surface area contributed by atoms with Crippen LogP contribution >= 0.6 is 0 Å². The molecule has 3 N–H and O–H groups in total. The minimum atomic E-state index is -0.568. The fraction of sp³-hybridized carbons (Fsp3) is 0.778. The summed E-state index contributed by atoms with van der Waals surface area (Å²) in [6.07, 6.45) is 2.59. The van der Waals surface area contributed by atoms with E-state index in [4.69, 9.17) is 10.2 Å². The van der Waals surface area contributed by atoms with Gasteiger partial charge in [0.1, 0.15) is 0 Å². The lowest BCUT2D eigenvalue weighted by atomic mass is 9.98. The lowest BCUT2D eigenvalue weighted by molar-refractivity contribution is 0.0968. The fourth-order valence-corrected chi connectivity index (χ4v) is 0.874. The van der Waals surface area contributed by atoms with Gasteiger partial charge in [0.25, 0.3) is 0 Å². The highest BCUT2D eigenvalue weighted by Crippen LogP contribution is 2.11. The smallest absolute Gasteiger partial charge is 0.0725 e. The first-order valence-electron chi connectivity index (χ1n) is 4.21. The molecule has 3 atom stereocenters. The van der Waals surface area contributed by atoms with E-state index < -0.39 is 12.2 Å². The van der Waals surface area contributed by atoms with Gasteiger partial charge in [0.15, 0.2) is 0 Å². The Hall–Kier alpha value is -0.380. The molecular formula is C9H18O3. The second-order valence-corrected chi connectivity index (χ2v) is 3.13. The minimum absolute atomic E-state index is 0.0554. The molecule has 0 heterocycles. The molecule has 0 aliphatic rings. The zero-order valence-corrected chi connectivity index (χ0v) is 7.64. The van der Waals surface area contributed by atoms with E-state index in [9.17, 15) is 5.11 Å². The van der Waals surface area contributed by atoms with Crippen molar-refractivity contribution in [2.24, 2.45) is 5.92 Å². The van der Waals surface area contributed by atoms with Crippen LogP contribution in [0.5, 0.6) is 0 Å². The van der Waals surface area contributed by atoms with Crippen LogP contribution in [0.1, 0.15) is 20.3 Å². The summed E-state index contributed by atoms with van der Waals surface area (Å²) in [4.78, 5) is 0. The predicted octanol–water partition coefficient (Wildman–Crippen LogP) is 0.303. The van der Waals surface area contributed by atoms with Gasteiger partial charge < -0.3 is 15.3 Å². The van der Waals surface area contributed by atoms with Gasteiger partial charge >= 0.3 is 0 Å². The summed E-state index contributed by atoms with van der Waals surface area (Å²) in [6.45, 7) is 3.52. The minimum Gasteiger partial charge on any atom is -0.393 e. The van der Waals surface area contributed by atoms with E-state index in [-0.39, 0.29) is 12.5 Å². The third-order valence-electron chi connectivity index (χ3n) is 1.90. The molecule has 0 aromatic heterocycles. The Morgan fingerprint density at radius 3 is 2.25 bits per heavy atom. The summed E-state index contributed by atoms with van der Waals surface area (Å²) in [7, 11) is 0. The standard InChI is InChI=1S/C9H18O3/c1-7(8(2)11)6-9(12)4-3-5-10/h3-4,7-12H,5-6H2,1-2H3/b4-3+/t7?,8?,9-/m1/s1. The summed E-state index contributed by atoms with van der Waals surface area (Å²) in [5.41, 5.74) is 0. The topological polar surface area (TPSA) is 60.7 Å². The van der Waals surface area contributed by atoms with Crippen molar-refractivity contribution in [2.75, 3.05) is 6.61 Å². The van der Waals surface area contributed by atoms with Gasteiger partial charge in [-0.1, -0.05) is 19.1 Å². The average Bonchev–Trinajstić information content (AvgIpc) is 2.00. The van der Waals surface area contributed by atoms with E-state index in [0.29, 0.717) is 6.42 Å². The summed E-state index contributed by atoms with van der Waals surface area (Å²) in [6, 6.07) is 0. The SMILES string of the molecule is CC(O)C(C)C[C@H](O)/C=C/CO. The second kappa shape index (κ2) is 6.17. The van der Waals surface area contributed by atoms with Gasteiger partial charge in [-0.3, -0.25) is 0 Å². The number of rotatable bonds is 5. The molecular weight excluding hydrogens is 156 g/mol. The molecule has 12 heavy (non-hydrogen) atoms. The number of hydrogen-bond donors (Lipinski definition) is 3. The molecule has 0 aromatic rings. The molecule has 0 aliphatic carbocycles. The van der Waals surface area contributed by atoms with Crippen LogP contribution in [0, 0.1) is 5.92 Å². The third-order valence-corrected chi connectivity index (χ3v) is 1.90. The van der Waals surface area contributed by atoms with Crippen LogP contribution in [0.25, 0.3) is 0 Å². The molecule has 0 aliphatic heterocycles. The predicted molar refractivity (Wildman–Crippen MR) is 47.7 cm³/mol. The van der Waals surface area contributed by atoms with Crippen LogP contribution in [-0.2, 0) is 0 Å². The normalized spacial score (nSPS) is 19.4. The Morgan fingerprint density at radius 2 is 1.83 bits per heavy atom. The maximum absolute atomic E-state index is 9.29. The molecule has 0 radical (unpaired) electrons. The van der Waals surface area contributed by atoms with Crippen molar-refractivity contribution < 1.29 is 15.3 Å². The Labute approximate surface area is 73.4 Å². The molecule has 72 valence electrons. The molecule has 0 rings (SSSR count).